The van der Waals surface area contributed by atoms with Gasteiger partial charge in [-0.15, -0.1) is 0 Å². The molecule has 3 nitrogen and oxygen atoms in total. The lowest BCUT2D eigenvalue weighted by molar-refractivity contribution is -0.131. The van der Waals surface area contributed by atoms with Gasteiger partial charge < -0.3 is 4.74 Å². The number of rotatable bonds is 2. The molecular weight excluding hydrogens is 228 g/mol. The normalized spacial score (nSPS) is 10.4. The van der Waals surface area contributed by atoms with Gasteiger partial charge in [0.05, 0.1) is 5.56 Å². The summed E-state index contributed by atoms with van der Waals surface area (Å²) in [6.45, 7) is 4.68. The number of hydrogen-bond donors (Lipinski definition) is 0. The van der Waals surface area contributed by atoms with Crippen LogP contribution >= 0.6 is 0 Å². The average Bonchev–Trinajstić information content (AvgIpc) is 2.47. The zero-order valence-corrected chi connectivity index (χ0v) is 10.6. The summed E-state index contributed by atoms with van der Waals surface area (Å²) in [6, 6.07) is 9.43. The maximum Gasteiger partial charge on any atom is 0.308 e. The van der Waals surface area contributed by atoms with Crippen molar-refractivity contribution in [3.05, 3.63) is 41.5 Å². The quantitative estimate of drug-likeness (QED) is 0.600. The van der Waals surface area contributed by atoms with E-state index in [4.69, 9.17) is 4.74 Å². The summed E-state index contributed by atoms with van der Waals surface area (Å²) in [5.41, 5.74) is 3.07. The Hall–Kier alpha value is -2.16. The number of ether oxygens (including phenoxy) is 1. The van der Waals surface area contributed by atoms with E-state index in [9.17, 15) is 9.59 Å². The smallest absolute Gasteiger partial charge is 0.308 e. The van der Waals surface area contributed by atoms with Crippen LogP contribution in [0.2, 0.25) is 0 Å². The zero-order valence-electron chi connectivity index (χ0n) is 10.6. The number of Topliss-reactive ketones (excluding diaryl/α,β-unsaturated/α-hetero) is 1. The third-order valence-electron chi connectivity index (χ3n) is 2.89. The Labute approximate surface area is 106 Å². The van der Waals surface area contributed by atoms with Crippen molar-refractivity contribution in [1.29, 1.82) is 0 Å². The SMILES string of the molecule is CC(=O)Oc1c2cccccc-2c(C)c1C(C)=O. The van der Waals surface area contributed by atoms with Gasteiger partial charge in [-0.25, -0.2) is 0 Å². The van der Waals surface area contributed by atoms with Gasteiger partial charge >= 0.3 is 5.97 Å². The van der Waals surface area contributed by atoms with Crippen LogP contribution in [-0.2, 0) is 4.79 Å². The first-order valence-corrected chi connectivity index (χ1v) is 5.73. The van der Waals surface area contributed by atoms with E-state index < -0.39 is 5.97 Å². The van der Waals surface area contributed by atoms with E-state index in [0.717, 1.165) is 16.7 Å². The lowest BCUT2D eigenvalue weighted by Crippen LogP contribution is -2.05. The average molecular weight is 242 g/mol. The number of esters is 1. The van der Waals surface area contributed by atoms with Gasteiger partial charge in [-0.3, -0.25) is 9.59 Å². The van der Waals surface area contributed by atoms with Crippen LogP contribution in [-0.4, -0.2) is 11.8 Å². The highest BCUT2D eigenvalue weighted by Gasteiger charge is 2.24. The highest BCUT2D eigenvalue weighted by atomic mass is 16.5. The Balaban J connectivity index is 2.78. The van der Waals surface area contributed by atoms with Crippen LogP contribution in [0.3, 0.4) is 0 Å². The number of carbonyl (C=O) groups excluding carboxylic acids is 2. The van der Waals surface area contributed by atoms with Crippen molar-refractivity contribution in [2.24, 2.45) is 0 Å². The summed E-state index contributed by atoms with van der Waals surface area (Å²) in [4.78, 5) is 22.9. The molecule has 0 fully saturated rings. The number of hydrogen-bond acceptors (Lipinski definition) is 3. The molecule has 0 unspecified atom stereocenters. The second-order valence-corrected chi connectivity index (χ2v) is 4.22. The van der Waals surface area contributed by atoms with E-state index in [1.165, 1.54) is 13.8 Å². The fourth-order valence-electron chi connectivity index (χ4n) is 2.19. The highest BCUT2D eigenvalue weighted by Crippen LogP contribution is 2.42. The second kappa shape index (κ2) is 4.61. The number of ketones is 1. The van der Waals surface area contributed by atoms with Crippen molar-refractivity contribution in [3.63, 3.8) is 0 Å². The molecule has 0 aromatic rings. The van der Waals surface area contributed by atoms with Crippen molar-refractivity contribution in [1.82, 2.24) is 0 Å². The maximum absolute atomic E-state index is 11.7. The summed E-state index contributed by atoms with van der Waals surface area (Å²) in [5.74, 6) is -0.141. The molecule has 0 heterocycles. The van der Waals surface area contributed by atoms with Gasteiger partial charge in [-0.1, -0.05) is 30.3 Å². The maximum atomic E-state index is 11.7. The van der Waals surface area contributed by atoms with Crippen LogP contribution in [0.5, 0.6) is 5.75 Å². The third kappa shape index (κ3) is 1.99. The molecule has 0 spiro atoms. The molecule has 2 aliphatic rings. The molecule has 0 atom stereocenters. The van der Waals surface area contributed by atoms with Crippen molar-refractivity contribution in [2.45, 2.75) is 20.8 Å². The largest absolute Gasteiger partial charge is 0.425 e. The van der Waals surface area contributed by atoms with Gasteiger partial charge in [0.15, 0.2) is 5.78 Å². The molecule has 18 heavy (non-hydrogen) atoms. The van der Waals surface area contributed by atoms with Gasteiger partial charge in [-0.2, -0.15) is 0 Å². The minimum absolute atomic E-state index is 0.0948. The third-order valence-corrected chi connectivity index (χ3v) is 2.89. The first-order valence-electron chi connectivity index (χ1n) is 5.73. The van der Waals surface area contributed by atoms with Crippen molar-refractivity contribution in [3.8, 4) is 16.9 Å². The predicted octanol–water partition coefficient (Wildman–Crippen LogP) is 3.23. The highest BCUT2D eigenvalue weighted by molar-refractivity contribution is 6.05. The molecule has 92 valence electrons. The van der Waals surface area contributed by atoms with Gasteiger partial charge in [0.2, 0.25) is 0 Å². The van der Waals surface area contributed by atoms with Crippen LogP contribution in [0, 0.1) is 6.92 Å². The summed E-state index contributed by atoms with van der Waals surface area (Å²) in [7, 11) is 0. The van der Waals surface area contributed by atoms with Gasteiger partial charge in [0.1, 0.15) is 5.75 Å². The summed E-state index contributed by atoms with van der Waals surface area (Å²) in [6.07, 6.45) is 0. The second-order valence-electron chi connectivity index (χ2n) is 4.22. The Morgan fingerprint density at radius 3 is 2.17 bits per heavy atom. The summed E-state index contributed by atoms with van der Waals surface area (Å²) >= 11 is 0. The van der Waals surface area contributed by atoms with Crippen molar-refractivity contribution >= 4 is 11.8 Å². The van der Waals surface area contributed by atoms with E-state index >= 15 is 0 Å². The Kier molecular flexibility index (Phi) is 3.15. The molecule has 0 amide bonds. The van der Waals surface area contributed by atoms with Crippen LogP contribution in [0.4, 0.5) is 0 Å². The number of carbonyl (C=O) groups is 2. The zero-order chi connectivity index (χ0) is 13.3. The van der Waals surface area contributed by atoms with E-state index in [-0.39, 0.29) is 5.78 Å². The molecule has 0 saturated heterocycles. The molecule has 0 aromatic carbocycles. The molecule has 3 heteroatoms. The molecular formula is C15H14O3. The van der Waals surface area contributed by atoms with Crippen molar-refractivity contribution < 1.29 is 14.3 Å². The van der Waals surface area contributed by atoms with E-state index in [2.05, 4.69) is 0 Å². The minimum atomic E-state index is -0.420. The summed E-state index contributed by atoms with van der Waals surface area (Å²) < 4.78 is 5.22. The summed E-state index contributed by atoms with van der Waals surface area (Å²) in [5, 5.41) is 0. The van der Waals surface area contributed by atoms with Crippen molar-refractivity contribution in [2.75, 3.05) is 0 Å². The van der Waals surface area contributed by atoms with Crippen LogP contribution in [0.1, 0.15) is 29.8 Å². The van der Waals surface area contributed by atoms with E-state index in [1.807, 2.05) is 37.3 Å². The van der Waals surface area contributed by atoms with Crippen LogP contribution in [0.25, 0.3) is 11.1 Å². The first-order chi connectivity index (χ1) is 8.52. The van der Waals surface area contributed by atoms with E-state index in [0.29, 0.717) is 11.3 Å². The van der Waals surface area contributed by atoms with Gasteiger partial charge in [-0.05, 0) is 25.0 Å². The molecule has 0 aliphatic heterocycles. The van der Waals surface area contributed by atoms with Crippen LogP contribution in [0.15, 0.2) is 30.3 Å². The Morgan fingerprint density at radius 2 is 1.61 bits per heavy atom. The fraction of sp³-hybridized carbons (Fsp3) is 0.200. The Bertz CT molecular complexity index is 599. The molecule has 0 aromatic heterocycles. The standard InChI is InChI=1S/C15H14O3/c1-9-12-7-5-4-6-8-13(12)15(18-11(3)17)14(9)10(2)16/h4-8H,1-3H3. The lowest BCUT2D eigenvalue weighted by atomic mass is 10.1. The van der Waals surface area contributed by atoms with Gasteiger partial charge in [0, 0.05) is 12.5 Å². The number of fused-ring (bicyclic) bond motifs is 1. The lowest BCUT2D eigenvalue weighted by Gasteiger charge is -2.03. The molecule has 0 N–H and O–H groups in total. The molecule has 0 bridgehead atoms. The van der Waals surface area contributed by atoms with Gasteiger partial charge in [0.25, 0.3) is 0 Å². The predicted molar refractivity (Wildman–Crippen MR) is 69.1 cm³/mol. The molecule has 2 rings (SSSR count). The van der Waals surface area contributed by atoms with Crippen LogP contribution < -0.4 is 4.74 Å². The van der Waals surface area contributed by atoms with E-state index in [1.54, 1.807) is 0 Å². The topological polar surface area (TPSA) is 43.4 Å². The minimum Gasteiger partial charge on any atom is -0.425 e. The monoisotopic (exact) mass is 242 g/mol. The molecule has 2 aliphatic carbocycles. The Morgan fingerprint density at radius 1 is 1.00 bits per heavy atom. The first kappa shape index (κ1) is 12.3. The molecule has 0 radical (unpaired) electrons. The molecule has 0 saturated carbocycles. The fourth-order valence-corrected chi connectivity index (χ4v) is 2.19.